The van der Waals surface area contributed by atoms with E-state index in [1.165, 1.54) is 12.0 Å². The largest absolute Gasteiger partial charge is 0.496 e. The molecule has 2 aromatic rings. The summed E-state index contributed by atoms with van der Waals surface area (Å²) in [4.78, 5) is 14.2. The van der Waals surface area contributed by atoms with Crippen molar-refractivity contribution in [2.45, 2.75) is 6.04 Å². The molecule has 3 rings (SSSR count). The third-order valence-corrected chi connectivity index (χ3v) is 4.27. The molecule has 26 heavy (non-hydrogen) atoms. The monoisotopic (exact) mass is 386 g/mol. The Kier molecular flexibility index (Phi) is 6.50. The van der Waals surface area contributed by atoms with E-state index in [1.807, 2.05) is 12.1 Å². The minimum absolute atomic E-state index is 0. The third-order valence-electron chi connectivity index (χ3n) is 4.27. The van der Waals surface area contributed by atoms with E-state index in [4.69, 9.17) is 4.74 Å². The topological polar surface area (TPSA) is 41.6 Å². The van der Waals surface area contributed by atoms with Crippen molar-refractivity contribution in [3.63, 3.8) is 0 Å². The van der Waals surface area contributed by atoms with E-state index in [9.17, 15) is 18.0 Å². The van der Waals surface area contributed by atoms with Gasteiger partial charge in [0.25, 0.3) is 5.91 Å². The lowest BCUT2D eigenvalue weighted by Crippen LogP contribution is -2.49. The number of nitrogens with one attached hydrogen (secondary N) is 1. The zero-order chi connectivity index (χ0) is 18.0. The molecule has 4 nitrogen and oxygen atoms in total. The van der Waals surface area contributed by atoms with Gasteiger partial charge in [0.1, 0.15) is 5.75 Å². The number of para-hydroxylation sites is 1. The molecule has 1 atom stereocenters. The maximum Gasteiger partial charge on any atom is 0.257 e. The minimum atomic E-state index is -1.64. The van der Waals surface area contributed by atoms with Crippen molar-refractivity contribution in [2.75, 3.05) is 26.7 Å². The standard InChI is InChI=1S/C18H17F3N2O2.ClH/c1-25-15-5-3-2-4-11(15)14-10-22-8-9-23(14)18(24)12-6-7-13(19)17(21)16(12)20;/h2-7,14,22H,8-10H2,1H3;1H. The number of methoxy groups -OCH3 is 1. The van der Waals surface area contributed by atoms with Crippen LogP contribution in [0.2, 0.25) is 0 Å². The Morgan fingerprint density at radius 3 is 2.62 bits per heavy atom. The van der Waals surface area contributed by atoms with Gasteiger partial charge in [-0.3, -0.25) is 4.79 Å². The zero-order valence-corrected chi connectivity index (χ0v) is 14.8. The number of rotatable bonds is 3. The molecule has 1 fully saturated rings. The molecule has 0 aliphatic carbocycles. The van der Waals surface area contributed by atoms with Gasteiger partial charge in [-0.1, -0.05) is 18.2 Å². The summed E-state index contributed by atoms with van der Waals surface area (Å²) in [6, 6.07) is 8.52. The molecule has 140 valence electrons. The Labute approximate surface area is 155 Å². The van der Waals surface area contributed by atoms with Crippen molar-refractivity contribution in [3.05, 3.63) is 65.0 Å². The van der Waals surface area contributed by atoms with Crippen LogP contribution in [0.3, 0.4) is 0 Å². The summed E-state index contributed by atoms with van der Waals surface area (Å²) in [6.45, 7) is 1.26. The van der Waals surface area contributed by atoms with Gasteiger partial charge in [0, 0.05) is 25.2 Å². The lowest BCUT2D eigenvalue weighted by atomic mass is 10.0. The Hall–Kier alpha value is -2.25. The van der Waals surface area contributed by atoms with E-state index in [2.05, 4.69) is 5.32 Å². The third kappa shape index (κ3) is 3.64. The molecule has 0 bridgehead atoms. The van der Waals surface area contributed by atoms with Gasteiger partial charge in [0.15, 0.2) is 17.5 Å². The number of carbonyl (C=O) groups is 1. The van der Waals surface area contributed by atoms with Crippen LogP contribution in [-0.2, 0) is 0 Å². The number of piperazine rings is 1. The summed E-state index contributed by atoms with van der Waals surface area (Å²) < 4.78 is 46.0. The average Bonchev–Trinajstić information content (AvgIpc) is 2.65. The maximum absolute atomic E-state index is 14.0. The summed E-state index contributed by atoms with van der Waals surface area (Å²) in [6.07, 6.45) is 0. The van der Waals surface area contributed by atoms with Gasteiger partial charge in [-0.15, -0.1) is 12.4 Å². The van der Waals surface area contributed by atoms with Crippen molar-refractivity contribution in [2.24, 2.45) is 0 Å². The summed E-state index contributed by atoms with van der Waals surface area (Å²) in [7, 11) is 1.52. The van der Waals surface area contributed by atoms with E-state index in [1.54, 1.807) is 12.1 Å². The first-order valence-electron chi connectivity index (χ1n) is 7.82. The maximum atomic E-state index is 14.0. The number of amides is 1. The smallest absolute Gasteiger partial charge is 0.257 e. The van der Waals surface area contributed by atoms with Crippen LogP contribution in [0.4, 0.5) is 13.2 Å². The SMILES string of the molecule is COc1ccccc1C1CNCCN1C(=O)c1ccc(F)c(F)c1F.Cl. The Morgan fingerprint density at radius 2 is 1.88 bits per heavy atom. The second-order valence-electron chi connectivity index (χ2n) is 5.68. The molecule has 1 N–H and O–H groups in total. The first-order valence-corrected chi connectivity index (χ1v) is 7.82. The highest BCUT2D eigenvalue weighted by Crippen LogP contribution is 2.31. The first kappa shape index (κ1) is 20.1. The number of carbonyl (C=O) groups excluding carboxylic acids is 1. The highest BCUT2D eigenvalue weighted by Gasteiger charge is 2.32. The van der Waals surface area contributed by atoms with Crippen LogP contribution in [0.15, 0.2) is 36.4 Å². The summed E-state index contributed by atoms with van der Waals surface area (Å²) >= 11 is 0. The molecule has 1 saturated heterocycles. The normalized spacial score (nSPS) is 16.8. The molecule has 2 aromatic carbocycles. The molecule has 1 amide bonds. The molecule has 0 spiro atoms. The summed E-state index contributed by atoms with van der Waals surface area (Å²) in [5.41, 5.74) is 0.272. The zero-order valence-electron chi connectivity index (χ0n) is 14.0. The molecular weight excluding hydrogens is 369 g/mol. The van der Waals surface area contributed by atoms with Gasteiger partial charge in [-0.25, -0.2) is 13.2 Å². The first-order chi connectivity index (χ1) is 12.0. The lowest BCUT2D eigenvalue weighted by Gasteiger charge is -2.37. The van der Waals surface area contributed by atoms with E-state index in [0.717, 1.165) is 17.7 Å². The van der Waals surface area contributed by atoms with Gasteiger partial charge in [0.05, 0.1) is 18.7 Å². The highest BCUT2D eigenvalue weighted by molar-refractivity contribution is 5.95. The number of hydrogen-bond acceptors (Lipinski definition) is 3. The van der Waals surface area contributed by atoms with Gasteiger partial charge < -0.3 is 15.0 Å². The minimum Gasteiger partial charge on any atom is -0.496 e. The Morgan fingerprint density at radius 1 is 1.15 bits per heavy atom. The number of benzene rings is 2. The molecule has 1 aliphatic heterocycles. The van der Waals surface area contributed by atoms with Gasteiger partial charge in [-0.05, 0) is 18.2 Å². The molecule has 0 aromatic heterocycles. The number of nitrogens with zero attached hydrogens (tertiary/aromatic N) is 1. The Balaban J connectivity index is 0.00000243. The Bertz CT molecular complexity index is 804. The predicted molar refractivity (Wildman–Crippen MR) is 93.2 cm³/mol. The fourth-order valence-electron chi connectivity index (χ4n) is 3.01. The highest BCUT2D eigenvalue weighted by atomic mass is 35.5. The van der Waals surface area contributed by atoms with Crippen LogP contribution >= 0.6 is 12.4 Å². The molecule has 0 radical (unpaired) electrons. The van der Waals surface area contributed by atoms with Crippen molar-refractivity contribution >= 4 is 18.3 Å². The predicted octanol–water partition coefficient (Wildman–Crippen LogP) is 3.32. The summed E-state index contributed by atoms with van der Waals surface area (Å²) in [5, 5.41) is 3.18. The van der Waals surface area contributed by atoms with E-state index >= 15 is 0 Å². The van der Waals surface area contributed by atoms with Crippen molar-refractivity contribution in [3.8, 4) is 5.75 Å². The van der Waals surface area contributed by atoms with Crippen LogP contribution in [0, 0.1) is 17.5 Å². The number of hydrogen-bond donors (Lipinski definition) is 1. The fourth-order valence-corrected chi connectivity index (χ4v) is 3.01. The van der Waals surface area contributed by atoms with E-state index < -0.39 is 35.0 Å². The molecule has 1 heterocycles. The second kappa shape index (κ2) is 8.42. The lowest BCUT2D eigenvalue weighted by molar-refractivity contribution is 0.0625. The molecule has 1 aliphatic rings. The molecule has 1 unspecified atom stereocenters. The van der Waals surface area contributed by atoms with Crippen molar-refractivity contribution in [1.82, 2.24) is 10.2 Å². The number of ether oxygens (including phenoxy) is 1. The molecule has 0 saturated carbocycles. The van der Waals surface area contributed by atoms with Crippen molar-refractivity contribution in [1.29, 1.82) is 0 Å². The van der Waals surface area contributed by atoms with Gasteiger partial charge >= 0.3 is 0 Å². The second-order valence-corrected chi connectivity index (χ2v) is 5.68. The van der Waals surface area contributed by atoms with E-state index in [0.29, 0.717) is 25.4 Å². The number of halogens is 4. The van der Waals surface area contributed by atoms with Crippen LogP contribution < -0.4 is 10.1 Å². The average molecular weight is 387 g/mol. The van der Waals surface area contributed by atoms with Crippen LogP contribution in [0.1, 0.15) is 22.0 Å². The van der Waals surface area contributed by atoms with Gasteiger partial charge in [-0.2, -0.15) is 0 Å². The van der Waals surface area contributed by atoms with Crippen LogP contribution in [0.5, 0.6) is 5.75 Å². The summed E-state index contributed by atoms with van der Waals surface area (Å²) in [5.74, 6) is -4.53. The van der Waals surface area contributed by atoms with E-state index in [-0.39, 0.29) is 12.4 Å². The molecular formula is C18H18ClF3N2O2. The van der Waals surface area contributed by atoms with Gasteiger partial charge in [0.2, 0.25) is 0 Å². The van der Waals surface area contributed by atoms with Crippen LogP contribution in [-0.4, -0.2) is 37.6 Å². The quantitative estimate of drug-likeness (QED) is 0.823. The fraction of sp³-hybridized carbons (Fsp3) is 0.278. The van der Waals surface area contributed by atoms with Crippen LogP contribution in [0.25, 0.3) is 0 Å². The van der Waals surface area contributed by atoms with Crippen molar-refractivity contribution < 1.29 is 22.7 Å². The molecule has 8 heteroatoms.